The SMILES string of the molecule is COc1ccc(CC(=O)NC(C)CCCC(=O)O)cc1. The molecule has 0 aromatic heterocycles. The zero-order valence-electron chi connectivity index (χ0n) is 11.9. The van der Waals surface area contributed by atoms with Crippen LogP contribution in [0.1, 0.15) is 31.7 Å². The number of rotatable bonds is 8. The van der Waals surface area contributed by atoms with Crippen LogP contribution >= 0.6 is 0 Å². The summed E-state index contributed by atoms with van der Waals surface area (Å²) in [7, 11) is 1.60. The van der Waals surface area contributed by atoms with Gasteiger partial charge in [-0.15, -0.1) is 0 Å². The van der Waals surface area contributed by atoms with Crippen molar-refractivity contribution in [1.29, 1.82) is 0 Å². The average molecular weight is 279 g/mol. The van der Waals surface area contributed by atoms with E-state index in [4.69, 9.17) is 9.84 Å². The minimum absolute atomic E-state index is 0.0138. The van der Waals surface area contributed by atoms with Crippen molar-refractivity contribution in [2.75, 3.05) is 7.11 Å². The summed E-state index contributed by atoms with van der Waals surface area (Å²) in [4.78, 5) is 22.2. The third-order valence-electron chi connectivity index (χ3n) is 2.96. The van der Waals surface area contributed by atoms with Crippen LogP contribution < -0.4 is 10.1 Å². The number of carboxylic acid groups (broad SMARTS) is 1. The van der Waals surface area contributed by atoms with Gasteiger partial charge in [0, 0.05) is 12.5 Å². The fraction of sp³-hybridized carbons (Fsp3) is 0.467. The molecule has 110 valence electrons. The number of ether oxygens (including phenoxy) is 1. The van der Waals surface area contributed by atoms with Crippen LogP contribution in [0, 0.1) is 0 Å². The number of carbonyl (C=O) groups is 2. The molecule has 0 aliphatic heterocycles. The molecule has 20 heavy (non-hydrogen) atoms. The molecule has 0 bridgehead atoms. The van der Waals surface area contributed by atoms with Gasteiger partial charge in [0.2, 0.25) is 5.91 Å². The van der Waals surface area contributed by atoms with Gasteiger partial charge in [-0.3, -0.25) is 9.59 Å². The smallest absolute Gasteiger partial charge is 0.303 e. The Morgan fingerprint density at radius 2 is 1.95 bits per heavy atom. The number of aliphatic carboxylic acids is 1. The van der Waals surface area contributed by atoms with E-state index in [0.29, 0.717) is 19.3 Å². The van der Waals surface area contributed by atoms with Crippen LogP contribution in [-0.4, -0.2) is 30.1 Å². The molecule has 0 aliphatic carbocycles. The highest BCUT2D eigenvalue weighted by molar-refractivity contribution is 5.78. The largest absolute Gasteiger partial charge is 0.497 e. The first kappa shape index (κ1) is 16.0. The lowest BCUT2D eigenvalue weighted by Gasteiger charge is -2.13. The third-order valence-corrected chi connectivity index (χ3v) is 2.96. The summed E-state index contributed by atoms with van der Waals surface area (Å²) < 4.78 is 5.05. The average Bonchev–Trinajstić information content (AvgIpc) is 2.38. The van der Waals surface area contributed by atoms with Gasteiger partial charge in [-0.05, 0) is 37.5 Å². The van der Waals surface area contributed by atoms with Crippen molar-refractivity contribution in [3.63, 3.8) is 0 Å². The third kappa shape index (κ3) is 6.22. The highest BCUT2D eigenvalue weighted by Gasteiger charge is 2.09. The molecular weight excluding hydrogens is 258 g/mol. The highest BCUT2D eigenvalue weighted by atomic mass is 16.5. The number of carbonyl (C=O) groups excluding carboxylic acids is 1. The molecule has 1 aromatic rings. The van der Waals surface area contributed by atoms with Crippen molar-refractivity contribution in [3.8, 4) is 5.75 Å². The molecule has 1 unspecified atom stereocenters. The van der Waals surface area contributed by atoms with Crippen molar-refractivity contribution in [1.82, 2.24) is 5.32 Å². The number of hydrogen-bond acceptors (Lipinski definition) is 3. The standard InChI is InChI=1S/C15H21NO4/c1-11(4-3-5-15(18)19)16-14(17)10-12-6-8-13(20-2)9-7-12/h6-9,11H,3-5,10H2,1-2H3,(H,16,17)(H,18,19). The van der Waals surface area contributed by atoms with Gasteiger partial charge in [-0.1, -0.05) is 12.1 Å². The van der Waals surface area contributed by atoms with Gasteiger partial charge in [0.25, 0.3) is 0 Å². The summed E-state index contributed by atoms with van der Waals surface area (Å²) in [6, 6.07) is 7.33. The predicted molar refractivity (Wildman–Crippen MR) is 75.8 cm³/mol. The van der Waals surface area contributed by atoms with Gasteiger partial charge in [0.15, 0.2) is 0 Å². The summed E-state index contributed by atoms with van der Waals surface area (Å²) in [6.45, 7) is 1.88. The number of nitrogens with one attached hydrogen (secondary N) is 1. The molecule has 1 rings (SSSR count). The molecule has 0 heterocycles. The molecular formula is C15H21NO4. The first-order chi connectivity index (χ1) is 9.51. The van der Waals surface area contributed by atoms with Gasteiger partial charge in [0.1, 0.15) is 5.75 Å². The maximum absolute atomic E-state index is 11.8. The van der Waals surface area contributed by atoms with Gasteiger partial charge in [-0.25, -0.2) is 0 Å². The summed E-state index contributed by atoms with van der Waals surface area (Å²) >= 11 is 0. The molecule has 1 aromatic carbocycles. The number of carboxylic acids is 1. The van der Waals surface area contributed by atoms with Crippen molar-refractivity contribution >= 4 is 11.9 Å². The molecule has 0 spiro atoms. The van der Waals surface area contributed by atoms with Crippen LogP contribution in [-0.2, 0) is 16.0 Å². The molecule has 5 nitrogen and oxygen atoms in total. The Balaban J connectivity index is 2.32. The van der Waals surface area contributed by atoms with Gasteiger partial charge < -0.3 is 15.2 Å². The maximum atomic E-state index is 11.8. The molecule has 0 saturated carbocycles. The van der Waals surface area contributed by atoms with Crippen molar-refractivity contribution in [2.45, 2.75) is 38.6 Å². The monoisotopic (exact) mass is 279 g/mol. The van der Waals surface area contributed by atoms with Crippen LogP contribution in [0.2, 0.25) is 0 Å². The van der Waals surface area contributed by atoms with E-state index in [1.807, 2.05) is 31.2 Å². The number of benzene rings is 1. The Morgan fingerprint density at radius 1 is 1.30 bits per heavy atom. The van der Waals surface area contributed by atoms with E-state index in [1.165, 1.54) is 0 Å². The minimum atomic E-state index is -0.804. The summed E-state index contributed by atoms with van der Waals surface area (Å²) in [5.41, 5.74) is 0.918. The van der Waals surface area contributed by atoms with E-state index in [2.05, 4.69) is 5.32 Å². The minimum Gasteiger partial charge on any atom is -0.497 e. The second kappa shape index (κ2) is 8.19. The quantitative estimate of drug-likeness (QED) is 0.763. The van der Waals surface area contributed by atoms with Crippen LogP contribution in [0.4, 0.5) is 0 Å². The van der Waals surface area contributed by atoms with Crippen LogP contribution in [0.3, 0.4) is 0 Å². The molecule has 0 fully saturated rings. The Morgan fingerprint density at radius 3 is 2.50 bits per heavy atom. The predicted octanol–water partition coefficient (Wildman–Crippen LogP) is 2.00. The highest BCUT2D eigenvalue weighted by Crippen LogP contribution is 2.11. The molecule has 5 heteroatoms. The van der Waals surface area contributed by atoms with Crippen molar-refractivity contribution in [3.05, 3.63) is 29.8 Å². The van der Waals surface area contributed by atoms with Crippen LogP contribution in [0.15, 0.2) is 24.3 Å². The van der Waals surface area contributed by atoms with E-state index in [9.17, 15) is 9.59 Å². The molecule has 1 atom stereocenters. The summed E-state index contributed by atoms with van der Waals surface area (Å²) in [5, 5.41) is 11.4. The normalized spacial score (nSPS) is 11.7. The first-order valence-electron chi connectivity index (χ1n) is 6.65. The van der Waals surface area contributed by atoms with Gasteiger partial charge >= 0.3 is 5.97 Å². The molecule has 2 N–H and O–H groups in total. The summed E-state index contributed by atoms with van der Waals surface area (Å²) in [6.07, 6.45) is 1.69. The number of amides is 1. The van der Waals surface area contributed by atoms with Crippen molar-refractivity contribution in [2.24, 2.45) is 0 Å². The fourth-order valence-electron chi connectivity index (χ4n) is 1.89. The Labute approximate surface area is 118 Å². The lowest BCUT2D eigenvalue weighted by atomic mass is 10.1. The Bertz CT molecular complexity index is 442. The van der Waals surface area contributed by atoms with Gasteiger partial charge in [0.05, 0.1) is 13.5 Å². The van der Waals surface area contributed by atoms with Crippen LogP contribution in [0.25, 0.3) is 0 Å². The van der Waals surface area contributed by atoms with E-state index < -0.39 is 5.97 Å². The molecule has 1 amide bonds. The first-order valence-corrected chi connectivity index (χ1v) is 6.65. The van der Waals surface area contributed by atoms with E-state index in [1.54, 1.807) is 7.11 Å². The van der Waals surface area contributed by atoms with E-state index >= 15 is 0 Å². The van der Waals surface area contributed by atoms with E-state index in [0.717, 1.165) is 11.3 Å². The zero-order valence-corrected chi connectivity index (χ0v) is 11.9. The second-order valence-corrected chi connectivity index (χ2v) is 4.78. The maximum Gasteiger partial charge on any atom is 0.303 e. The Kier molecular flexibility index (Phi) is 6.56. The van der Waals surface area contributed by atoms with Gasteiger partial charge in [-0.2, -0.15) is 0 Å². The zero-order chi connectivity index (χ0) is 15.0. The fourth-order valence-corrected chi connectivity index (χ4v) is 1.89. The lowest BCUT2D eigenvalue weighted by Crippen LogP contribution is -2.33. The molecule has 0 aliphatic rings. The summed E-state index contributed by atoms with van der Waals surface area (Å²) in [5.74, 6) is -0.101. The molecule has 0 saturated heterocycles. The van der Waals surface area contributed by atoms with E-state index in [-0.39, 0.29) is 18.4 Å². The lowest BCUT2D eigenvalue weighted by molar-refractivity contribution is -0.137. The Hall–Kier alpha value is -2.04. The number of methoxy groups -OCH3 is 1. The second-order valence-electron chi connectivity index (χ2n) is 4.78. The topological polar surface area (TPSA) is 75.6 Å². The number of hydrogen-bond donors (Lipinski definition) is 2. The van der Waals surface area contributed by atoms with Crippen molar-refractivity contribution < 1.29 is 19.4 Å². The molecule has 0 radical (unpaired) electrons. The van der Waals surface area contributed by atoms with Crippen LogP contribution in [0.5, 0.6) is 5.75 Å².